The summed E-state index contributed by atoms with van der Waals surface area (Å²) in [7, 11) is 0. The maximum absolute atomic E-state index is 13.5. The van der Waals surface area contributed by atoms with Crippen LogP contribution >= 0.6 is 0 Å². The third-order valence-corrected chi connectivity index (χ3v) is 4.64. The van der Waals surface area contributed by atoms with E-state index in [1.165, 1.54) is 37.8 Å². The average Bonchev–Trinajstić information content (AvgIpc) is 2.67. The minimum Gasteiger partial charge on any atom is -0.358 e. The van der Waals surface area contributed by atoms with Gasteiger partial charge in [0.15, 0.2) is 0 Å². The van der Waals surface area contributed by atoms with E-state index in [1.807, 2.05) is 6.92 Å². The molecule has 118 valence electrons. The molecule has 2 N–H and O–H groups in total. The number of aromatic nitrogens is 1. The van der Waals surface area contributed by atoms with Crippen LogP contribution in [0.2, 0.25) is 0 Å². The Bertz CT molecular complexity index is 669. The first-order valence-corrected chi connectivity index (χ1v) is 8.19. The van der Waals surface area contributed by atoms with Gasteiger partial charge >= 0.3 is 0 Å². The maximum Gasteiger partial charge on any atom is 0.224 e. The molecule has 1 aliphatic carbocycles. The molecule has 1 aromatic carbocycles. The molecule has 1 saturated carbocycles. The van der Waals surface area contributed by atoms with Crippen LogP contribution in [0, 0.1) is 12.7 Å². The molecule has 4 heteroatoms. The number of aromatic amines is 1. The summed E-state index contributed by atoms with van der Waals surface area (Å²) in [6.07, 6.45) is 7.40. The Hall–Kier alpha value is -1.84. The Balaban J connectivity index is 1.73. The summed E-state index contributed by atoms with van der Waals surface area (Å²) in [5, 5.41) is 3.97. The van der Waals surface area contributed by atoms with Crippen molar-refractivity contribution in [3.63, 3.8) is 0 Å². The van der Waals surface area contributed by atoms with E-state index >= 15 is 0 Å². The quantitative estimate of drug-likeness (QED) is 0.827. The molecular weight excluding hydrogens is 279 g/mol. The summed E-state index contributed by atoms with van der Waals surface area (Å²) in [5.41, 5.74) is 2.73. The Labute approximate surface area is 130 Å². The molecule has 1 amide bonds. The highest BCUT2D eigenvalue weighted by Gasteiger charge is 2.17. The molecule has 1 heterocycles. The topological polar surface area (TPSA) is 44.9 Å². The third kappa shape index (κ3) is 3.32. The van der Waals surface area contributed by atoms with Gasteiger partial charge in [0.2, 0.25) is 5.91 Å². The normalized spacial score (nSPS) is 16.6. The van der Waals surface area contributed by atoms with Crippen molar-refractivity contribution in [2.24, 2.45) is 0 Å². The fraction of sp³-hybridized carbons (Fsp3) is 0.500. The van der Waals surface area contributed by atoms with Gasteiger partial charge < -0.3 is 10.3 Å². The van der Waals surface area contributed by atoms with E-state index in [0.717, 1.165) is 35.0 Å². The molecule has 3 nitrogen and oxygen atoms in total. The second-order valence-electron chi connectivity index (χ2n) is 6.35. The molecule has 0 radical (unpaired) electrons. The van der Waals surface area contributed by atoms with Crippen molar-refractivity contribution in [2.75, 3.05) is 0 Å². The number of aryl methyl sites for hydroxylation is 1. The first-order chi connectivity index (χ1) is 10.6. The van der Waals surface area contributed by atoms with Crippen LogP contribution in [0.1, 0.15) is 49.8 Å². The van der Waals surface area contributed by atoms with Crippen molar-refractivity contribution in [1.82, 2.24) is 10.3 Å². The lowest BCUT2D eigenvalue weighted by molar-refractivity contribution is -0.121. The van der Waals surface area contributed by atoms with Crippen LogP contribution in [0.3, 0.4) is 0 Å². The number of benzene rings is 1. The largest absolute Gasteiger partial charge is 0.358 e. The van der Waals surface area contributed by atoms with Gasteiger partial charge in [0.05, 0.1) is 6.42 Å². The lowest BCUT2D eigenvalue weighted by Gasteiger charge is -2.16. The highest BCUT2D eigenvalue weighted by atomic mass is 19.1. The third-order valence-electron chi connectivity index (χ3n) is 4.64. The molecule has 22 heavy (non-hydrogen) atoms. The van der Waals surface area contributed by atoms with Gasteiger partial charge in [-0.3, -0.25) is 4.79 Å². The zero-order chi connectivity index (χ0) is 15.5. The minimum absolute atomic E-state index is 0.0418. The summed E-state index contributed by atoms with van der Waals surface area (Å²) >= 11 is 0. The van der Waals surface area contributed by atoms with Gasteiger partial charge in [-0.25, -0.2) is 4.39 Å². The smallest absolute Gasteiger partial charge is 0.224 e. The summed E-state index contributed by atoms with van der Waals surface area (Å²) in [6.45, 7) is 1.94. The van der Waals surface area contributed by atoms with E-state index in [2.05, 4.69) is 10.3 Å². The summed E-state index contributed by atoms with van der Waals surface area (Å²) in [5.74, 6) is -0.225. The SMILES string of the molecule is Cc1[nH]c2ccc(F)cc2c1CC(=O)NC1CCCCCC1. The average molecular weight is 302 g/mol. The number of carbonyl (C=O) groups excluding carboxylic acids is 1. The van der Waals surface area contributed by atoms with Gasteiger partial charge in [0, 0.05) is 22.6 Å². The fourth-order valence-corrected chi connectivity index (χ4v) is 3.45. The van der Waals surface area contributed by atoms with Gasteiger partial charge in [0.1, 0.15) is 5.82 Å². The molecule has 1 aromatic heterocycles. The highest BCUT2D eigenvalue weighted by Crippen LogP contribution is 2.24. The van der Waals surface area contributed by atoms with E-state index in [9.17, 15) is 9.18 Å². The summed E-state index contributed by atoms with van der Waals surface area (Å²) < 4.78 is 13.5. The Morgan fingerprint density at radius 3 is 2.73 bits per heavy atom. The Morgan fingerprint density at radius 1 is 1.27 bits per heavy atom. The van der Waals surface area contributed by atoms with Crippen molar-refractivity contribution in [1.29, 1.82) is 0 Å². The van der Waals surface area contributed by atoms with E-state index < -0.39 is 0 Å². The summed E-state index contributed by atoms with van der Waals surface area (Å²) in [6, 6.07) is 4.97. The molecule has 0 atom stereocenters. The van der Waals surface area contributed by atoms with Crippen LogP contribution in [-0.4, -0.2) is 16.9 Å². The van der Waals surface area contributed by atoms with Crippen LogP contribution in [-0.2, 0) is 11.2 Å². The number of carbonyl (C=O) groups is 1. The number of nitrogens with one attached hydrogen (secondary N) is 2. The predicted molar refractivity (Wildman–Crippen MR) is 86.3 cm³/mol. The molecule has 0 spiro atoms. The maximum atomic E-state index is 13.5. The first-order valence-electron chi connectivity index (χ1n) is 8.19. The zero-order valence-corrected chi connectivity index (χ0v) is 13.0. The Kier molecular flexibility index (Phi) is 4.46. The van der Waals surface area contributed by atoms with Crippen LogP contribution in [0.25, 0.3) is 10.9 Å². The van der Waals surface area contributed by atoms with Gasteiger partial charge in [-0.2, -0.15) is 0 Å². The van der Waals surface area contributed by atoms with Crippen LogP contribution in [0.5, 0.6) is 0 Å². The van der Waals surface area contributed by atoms with Gasteiger partial charge in [-0.15, -0.1) is 0 Å². The minimum atomic E-state index is -0.267. The number of halogens is 1. The number of amides is 1. The fourth-order valence-electron chi connectivity index (χ4n) is 3.45. The molecule has 0 saturated heterocycles. The molecule has 3 rings (SSSR count). The number of fused-ring (bicyclic) bond motifs is 1. The van der Waals surface area contributed by atoms with E-state index in [4.69, 9.17) is 0 Å². The first kappa shape index (κ1) is 15.1. The molecule has 2 aromatic rings. The van der Waals surface area contributed by atoms with Gasteiger partial charge in [-0.05, 0) is 43.5 Å². The monoisotopic (exact) mass is 302 g/mol. The molecule has 0 aliphatic heterocycles. The summed E-state index contributed by atoms with van der Waals surface area (Å²) in [4.78, 5) is 15.6. The van der Waals surface area contributed by atoms with Gasteiger partial charge in [0.25, 0.3) is 0 Å². The second-order valence-corrected chi connectivity index (χ2v) is 6.35. The zero-order valence-electron chi connectivity index (χ0n) is 13.0. The van der Waals surface area contributed by atoms with Crippen LogP contribution < -0.4 is 5.32 Å². The standard InChI is InChI=1S/C18H23FN2O/c1-12-15(16-10-13(19)8-9-17(16)20-12)11-18(22)21-14-6-4-2-3-5-7-14/h8-10,14,20H,2-7,11H2,1H3,(H,21,22). The van der Waals surface area contributed by atoms with Crippen molar-refractivity contribution in [3.05, 3.63) is 35.3 Å². The number of H-pyrrole nitrogens is 1. The number of rotatable bonds is 3. The van der Waals surface area contributed by atoms with Crippen molar-refractivity contribution in [2.45, 2.75) is 57.9 Å². The molecule has 0 unspecified atom stereocenters. The van der Waals surface area contributed by atoms with Gasteiger partial charge in [-0.1, -0.05) is 25.7 Å². The molecule has 0 bridgehead atoms. The lowest BCUT2D eigenvalue weighted by atomic mass is 10.1. The second kappa shape index (κ2) is 6.51. The highest BCUT2D eigenvalue weighted by molar-refractivity contribution is 5.90. The van der Waals surface area contributed by atoms with Crippen molar-refractivity contribution >= 4 is 16.8 Å². The number of hydrogen-bond donors (Lipinski definition) is 2. The van der Waals surface area contributed by atoms with Crippen molar-refractivity contribution < 1.29 is 9.18 Å². The van der Waals surface area contributed by atoms with E-state index in [-0.39, 0.29) is 11.7 Å². The van der Waals surface area contributed by atoms with E-state index in [1.54, 1.807) is 6.07 Å². The Morgan fingerprint density at radius 2 is 2.00 bits per heavy atom. The van der Waals surface area contributed by atoms with Crippen LogP contribution in [0.4, 0.5) is 4.39 Å². The van der Waals surface area contributed by atoms with E-state index in [0.29, 0.717) is 12.5 Å². The van der Waals surface area contributed by atoms with Crippen molar-refractivity contribution in [3.8, 4) is 0 Å². The molecule has 1 aliphatic rings. The van der Waals surface area contributed by atoms with Crippen LogP contribution in [0.15, 0.2) is 18.2 Å². The molecule has 1 fully saturated rings. The number of hydrogen-bond acceptors (Lipinski definition) is 1. The molecular formula is C18H23FN2O. The predicted octanol–water partition coefficient (Wildman–Crippen LogP) is 4.00. The lowest BCUT2D eigenvalue weighted by Crippen LogP contribution is -2.35.